The third kappa shape index (κ3) is 2.44. The molecule has 0 saturated carbocycles. The average Bonchev–Trinajstić information content (AvgIpc) is 3.14. The predicted molar refractivity (Wildman–Crippen MR) is 82.5 cm³/mol. The number of nitrogens with zero attached hydrogens (tertiary/aromatic N) is 6. The van der Waals surface area contributed by atoms with Crippen molar-refractivity contribution in [2.45, 2.75) is 6.54 Å². The first-order valence-corrected chi connectivity index (χ1v) is 7.20. The van der Waals surface area contributed by atoms with Crippen LogP contribution in [0.1, 0.15) is 5.69 Å². The fourth-order valence-corrected chi connectivity index (χ4v) is 2.64. The number of aromatic nitrogens is 6. The first-order valence-electron chi connectivity index (χ1n) is 6.83. The summed E-state index contributed by atoms with van der Waals surface area (Å²) in [5, 5.41) is 0.509. The lowest BCUT2D eigenvalue weighted by atomic mass is 10.3. The summed E-state index contributed by atoms with van der Waals surface area (Å²) in [5.74, 6) is 0.00429. The van der Waals surface area contributed by atoms with Crippen LogP contribution >= 0.6 is 11.6 Å². The topological polar surface area (TPSA) is 60.9 Å². The molecular weight excluding hydrogens is 319 g/mol. The molecule has 0 unspecified atom stereocenters. The minimum atomic E-state index is -0.547. The van der Waals surface area contributed by atoms with Gasteiger partial charge in [-0.15, -0.1) is 0 Å². The van der Waals surface area contributed by atoms with Crippen LogP contribution in [0, 0.1) is 5.95 Å². The van der Waals surface area contributed by atoms with Gasteiger partial charge in [0, 0.05) is 24.8 Å². The van der Waals surface area contributed by atoms with Gasteiger partial charge in [0.1, 0.15) is 10.8 Å². The summed E-state index contributed by atoms with van der Waals surface area (Å²) >= 11 is 6.36. The van der Waals surface area contributed by atoms with E-state index in [0.717, 1.165) is 0 Å². The zero-order valence-corrected chi connectivity index (χ0v) is 12.5. The number of pyridine rings is 1. The molecule has 0 aliphatic carbocycles. The van der Waals surface area contributed by atoms with Gasteiger partial charge >= 0.3 is 0 Å². The SMILES string of the molecule is Fc1cccc(-c2nccn2Cc2nc3cnccn3c2Cl)n1. The van der Waals surface area contributed by atoms with Crippen molar-refractivity contribution in [3.63, 3.8) is 0 Å². The molecular formula is C15H10ClFN6. The first-order chi connectivity index (χ1) is 11.2. The second kappa shape index (κ2) is 5.44. The average molecular weight is 329 g/mol. The van der Waals surface area contributed by atoms with Gasteiger partial charge in [-0.3, -0.25) is 9.38 Å². The van der Waals surface area contributed by atoms with E-state index in [2.05, 4.69) is 19.9 Å². The van der Waals surface area contributed by atoms with Crippen molar-refractivity contribution >= 4 is 17.2 Å². The van der Waals surface area contributed by atoms with Gasteiger partial charge in [-0.05, 0) is 12.1 Å². The van der Waals surface area contributed by atoms with E-state index in [1.54, 1.807) is 47.5 Å². The molecule has 23 heavy (non-hydrogen) atoms. The van der Waals surface area contributed by atoms with E-state index in [-0.39, 0.29) is 0 Å². The van der Waals surface area contributed by atoms with Crippen LogP contribution in [-0.4, -0.2) is 28.9 Å². The lowest BCUT2D eigenvalue weighted by Crippen LogP contribution is -2.03. The molecule has 0 N–H and O–H groups in total. The maximum Gasteiger partial charge on any atom is 0.213 e. The van der Waals surface area contributed by atoms with E-state index < -0.39 is 5.95 Å². The first kappa shape index (κ1) is 13.8. The molecule has 6 nitrogen and oxygen atoms in total. The molecule has 0 aliphatic rings. The number of rotatable bonds is 3. The Kier molecular flexibility index (Phi) is 3.27. The molecule has 114 valence electrons. The fourth-order valence-electron chi connectivity index (χ4n) is 2.39. The maximum absolute atomic E-state index is 13.3. The number of hydrogen-bond donors (Lipinski definition) is 0. The van der Waals surface area contributed by atoms with Crippen LogP contribution in [0.25, 0.3) is 17.2 Å². The van der Waals surface area contributed by atoms with E-state index >= 15 is 0 Å². The Balaban J connectivity index is 1.75. The molecule has 4 aromatic rings. The molecule has 0 atom stereocenters. The standard InChI is InChI=1S/C15H10ClFN6/c16-14-11(21-13-8-18-4-7-23(13)14)9-22-6-5-19-15(22)10-2-1-3-12(17)20-10/h1-8H,9H2. The number of halogens is 2. The molecule has 4 aromatic heterocycles. The molecule has 4 rings (SSSR count). The summed E-state index contributed by atoms with van der Waals surface area (Å²) in [4.78, 5) is 16.6. The molecule has 0 spiro atoms. The molecule has 0 bridgehead atoms. The molecule has 0 amide bonds. The Morgan fingerprint density at radius 2 is 2.04 bits per heavy atom. The van der Waals surface area contributed by atoms with E-state index in [9.17, 15) is 4.39 Å². The van der Waals surface area contributed by atoms with Crippen molar-refractivity contribution in [1.29, 1.82) is 0 Å². The Hall–Kier alpha value is -2.80. The van der Waals surface area contributed by atoms with Crippen molar-refractivity contribution in [1.82, 2.24) is 28.9 Å². The molecule has 0 radical (unpaired) electrons. The molecule has 0 aliphatic heterocycles. The van der Waals surface area contributed by atoms with Crippen LogP contribution in [0.4, 0.5) is 4.39 Å². The monoisotopic (exact) mass is 328 g/mol. The van der Waals surface area contributed by atoms with Gasteiger partial charge in [-0.2, -0.15) is 4.39 Å². The van der Waals surface area contributed by atoms with Gasteiger partial charge in [0.15, 0.2) is 11.5 Å². The second-order valence-electron chi connectivity index (χ2n) is 4.88. The summed E-state index contributed by atoms with van der Waals surface area (Å²) in [7, 11) is 0. The minimum Gasteiger partial charge on any atom is -0.324 e. The lowest BCUT2D eigenvalue weighted by Gasteiger charge is -2.06. The van der Waals surface area contributed by atoms with Crippen LogP contribution in [-0.2, 0) is 6.54 Å². The summed E-state index contributed by atoms with van der Waals surface area (Å²) in [5.41, 5.74) is 1.80. The van der Waals surface area contributed by atoms with Crippen molar-refractivity contribution in [3.05, 3.63) is 66.0 Å². The van der Waals surface area contributed by atoms with Gasteiger partial charge in [-0.1, -0.05) is 17.7 Å². The fraction of sp³-hybridized carbons (Fsp3) is 0.0667. The summed E-state index contributed by atoms with van der Waals surface area (Å²) in [6.07, 6.45) is 8.44. The van der Waals surface area contributed by atoms with Gasteiger partial charge in [0.05, 0.1) is 18.4 Å². The molecule has 0 fully saturated rings. The number of fused-ring (bicyclic) bond motifs is 1. The van der Waals surface area contributed by atoms with Crippen molar-refractivity contribution in [2.75, 3.05) is 0 Å². The highest BCUT2D eigenvalue weighted by Crippen LogP contribution is 2.21. The van der Waals surface area contributed by atoms with E-state index in [1.807, 2.05) is 4.57 Å². The Morgan fingerprint density at radius 1 is 1.13 bits per heavy atom. The zero-order chi connectivity index (χ0) is 15.8. The highest BCUT2D eigenvalue weighted by atomic mass is 35.5. The molecule has 4 heterocycles. The largest absolute Gasteiger partial charge is 0.324 e. The number of imidazole rings is 2. The summed E-state index contributed by atoms with van der Waals surface area (Å²) in [6.45, 7) is 0.397. The quantitative estimate of drug-likeness (QED) is 0.543. The molecule has 8 heteroatoms. The van der Waals surface area contributed by atoms with Crippen LogP contribution in [0.15, 0.2) is 49.2 Å². The van der Waals surface area contributed by atoms with Gasteiger partial charge < -0.3 is 4.57 Å². The minimum absolute atomic E-state index is 0.397. The summed E-state index contributed by atoms with van der Waals surface area (Å²) < 4.78 is 16.9. The normalized spacial score (nSPS) is 11.2. The third-order valence-corrected chi connectivity index (χ3v) is 3.82. The smallest absolute Gasteiger partial charge is 0.213 e. The van der Waals surface area contributed by atoms with Crippen LogP contribution < -0.4 is 0 Å². The second-order valence-corrected chi connectivity index (χ2v) is 5.24. The highest BCUT2D eigenvalue weighted by Gasteiger charge is 2.14. The third-order valence-electron chi connectivity index (χ3n) is 3.42. The van der Waals surface area contributed by atoms with Gasteiger partial charge in [-0.25, -0.2) is 15.0 Å². The molecule has 0 saturated heterocycles. The van der Waals surface area contributed by atoms with Gasteiger partial charge in [0.2, 0.25) is 5.95 Å². The number of hydrogen-bond acceptors (Lipinski definition) is 4. The van der Waals surface area contributed by atoms with Gasteiger partial charge in [0.25, 0.3) is 0 Å². The van der Waals surface area contributed by atoms with E-state index in [0.29, 0.717) is 34.6 Å². The van der Waals surface area contributed by atoms with Crippen molar-refractivity contribution in [3.8, 4) is 11.5 Å². The van der Waals surface area contributed by atoms with Crippen molar-refractivity contribution < 1.29 is 4.39 Å². The van der Waals surface area contributed by atoms with Crippen LogP contribution in [0.2, 0.25) is 5.15 Å². The zero-order valence-electron chi connectivity index (χ0n) is 11.8. The Labute approximate surface area is 135 Å². The predicted octanol–water partition coefficient (Wildman–Crippen LogP) is 2.83. The Bertz CT molecular complexity index is 992. The highest BCUT2D eigenvalue weighted by molar-refractivity contribution is 6.30. The molecule has 0 aromatic carbocycles. The van der Waals surface area contributed by atoms with E-state index in [1.165, 1.54) is 6.07 Å². The van der Waals surface area contributed by atoms with E-state index in [4.69, 9.17) is 11.6 Å². The van der Waals surface area contributed by atoms with Crippen LogP contribution in [0.5, 0.6) is 0 Å². The van der Waals surface area contributed by atoms with Crippen molar-refractivity contribution in [2.24, 2.45) is 0 Å². The lowest BCUT2D eigenvalue weighted by molar-refractivity contribution is 0.584. The Morgan fingerprint density at radius 3 is 2.87 bits per heavy atom. The van der Waals surface area contributed by atoms with Crippen LogP contribution in [0.3, 0.4) is 0 Å². The summed E-state index contributed by atoms with van der Waals surface area (Å²) in [6, 6.07) is 4.60. The maximum atomic E-state index is 13.3.